The van der Waals surface area contributed by atoms with Gasteiger partial charge >= 0.3 is 6.18 Å². The van der Waals surface area contributed by atoms with Gasteiger partial charge in [0.25, 0.3) is 0 Å². The molecule has 0 saturated heterocycles. The zero-order valence-corrected chi connectivity index (χ0v) is 11.8. The maximum Gasteiger partial charge on any atom is 0.416 e. The maximum absolute atomic E-state index is 12.5. The predicted molar refractivity (Wildman–Crippen MR) is 75.3 cm³/mol. The van der Waals surface area contributed by atoms with Gasteiger partial charge in [-0.15, -0.1) is 11.8 Å². The number of benzene rings is 1. The molecule has 20 heavy (non-hydrogen) atoms. The lowest BCUT2D eigenvalue weighted by Crippen LogP contribution is -2.30. The fraction of sp³-hybridized carbons (Fsp3) is 0.500. The molecule has 0 aliphatic carbocycles. The van der Waals surface area contributed by atoms with Crippen LogP contribution in [0.2, 0.25) is 0 Å². The van der Waals surface area contributed by atoms with E-state index in [1.54, 1.807) is 19.1 Å². The van der Waals surface area contributed by atoms with Crippen LogP contribution in [0.25, 0.3) is 0 Å². The van der Waals surface area contributed by atoms with Crippen molar-refractivity contribution in [3.05, 3.63) is 35.4 Å². The van der Waals surface area contributed by atoms with Crippen molar-refractivity contribution in [2.75, 3.05) is 6.54 Å². The molecular formula is C16H20F3N. The van der Waals surface area contributed by atoms with Crippen LogP contribution in [0.3, 0.4) is 0 Å². The van der Waals surface area contributed by atoms with Gasteiger partial charge in [0.05, 0.1) is 5.56 Å². The zero-order chi connectivity index (χ0) is 15.0. The van der Waals surface area contributed by atoms with E-state index in [1.165, 1.54) is 0 Å². The van der Waals surface area contributed by atoms with Crippen molar-refractivity contribution in [1.82, 2.24) is 5.32 Å². The Morgan fingerprint density at radius 2 is 1.85 bits per heavy atom. The van der Waals surface area contributed by atoms with Crippen LogP contribution in [-0.2, 0) is 12.6 Å². The first-order valence-electron chi connectivity index (χ1n) is 6.76. The normalized spacial score (nSPS) is 12.7. The smallest absolute Gasteiger partial charge is 0.314 e. The van der Waals surface area contributed by atoms with E-state index in [0.29, 0.717) is 0 Å². The van der Waals surface area contributed by atoms with Crippen molar-refractivity contribution in [2.45, 2.75) is 45.3 Å². The molecular weight excluding hydrogens is 263 g/mol. The Morgan fingerprint density at radius 3 is 2.35 bits per heavy atom. The lowest BCUT2D eigenvalue weighted by atomic mass is 10.0. The highest BCUT2D eigenvalue weighted by Crippen LogP contribution is 2.29. The minimum Gasteiger partial charge on any atom is -0.314 e. The standard InChI is InChI=1S/C16H20F3N/c1-3-5-6-7-15(20-4-2)12-13-8-10-14(11-9-13)16(17,18)19/h8-11,15,20H,4,6-7,12H2,1-2H3. The molecule has 110 valence electrons. The van der Waals surface area contributed by atoms with E-state index in [4.69, 9.17) is 0 Å². The van der Waals surface area contributed by atoms with Crippen molar-refractivity contribution < 1.29 is 13.2 Å². The van der Waals surface area contributed by atoms with Gasteiger partial charge in [-0.05, 0) is 44.0 Å². The summed E-state index contributed by atoms with van der Waals surface area (Å²) >= 11 is 0. The fourth-order valence-electron chi connectivity index (χ4n) is 2.05. The average Bonchev–Trinajstić information content (AvgIpc) is 2.39. The molecule has 1 aromatic rings. The molecule has 0 amide bonds. The molecule has 1 N–H and O–H groups in total. The van der Waals surface area contributed by atoms with Gasteiger partial charge in [0.15, 0.2) is 0 Å². The Hall–Kier alpha value is -1.47. The molecule has 1 nitrogen and oxygen atoms in total. The van der Waals surface area contributed by atoms with Crippen LogP contribution in [0.1, 0.15) is 37.8 Å². The lowest BCUT2D eigenvalue weighted by Gasteiger charge is -2.17. The van der Waals surface area contributed by atoms with Gasteiger partial charge < -0.3 is 5.32 Å². The molecule has 1 unspecified atom stereocenters. The van der Waals surface area contributed by atoms with Crippen molar-refractivity contribution in [3.63, 3.8) is 0 Å². The van der Waals surface area contributed by atoms with E-state index >= 15 is 0 Å². The third kappa shape index (κ3) is 5.66. The second-order valence-electron chi connectivity index (χ2n) is 4.62. The number of halogens is 3. The third-order valence-corrected chi connectivity index (χ3v) is 3.05. The lowest BCUT2D eigenvalue weighted by molar-refractivity contribution is -0.137. The van der Waals surface area contributed by atoms with Crippen LogP contribution in [0.4, 0.5) is 13.2 Å². The van der Waals surface area contributed by atoms with Gasteiger partial charge in [-0.25, -0.2) is 0 Å². The Labute approximate surface area is 118 Å². The summed E-state index contributed by atoms with van der Waals surface area (Å²) in [5, 5.41) is 3.34. The van der Waals surface area contributed by atoms with Crippen LogP contribution in [0.15, 0.2) is 24.3 Å². The Bertz CT molecular complexity index is 451. The average molecular weight is 283 g/mol. The van der Waals surface area contributed by atoms with Crippen LogP contribution >= 0.6 is 0 Å². The van der Waals surface area contributed by atoms with Crippen LogP contribution < -0.4 is 5.32 Å². The Morgan fingerprint density at radius 1 is 1.20 bits per heavy atom. The number of hydrogen-bond acceptors (Lipinski definition) is 1. The van der Waals surface area contributed by atoms with Crippen molar-refractivity contribution in [1.29, 1.82) is 0 Å². The Balaban J connectivity index is 2.65. The van der Waals surface area contributed by atoms with E-state index in [0.717, 1.165) is 43.5 Å². The SMILES string of the molecule is CC#CCCC(Cc1ccc(C(F)(F)F)cc1)NCC. The van der Waals surface area contributed by atoms with Crippen LogP contribution in [-0.4, -0.2) is 12.6 Å². The highest BCUT2D eigenvalue weighted by atomic mass is 19.4. The predicted octanol–water partition coefficient (Wildman–Crippen LogP) is 4.03. The third-order valence-electron chi connectivity index (χ3n) is 3.05. The molecule has 0 saturated carbocycles. The van der Waals surface area contributed by atoms with Gasteiger partial charge in [-0.3, -0.25) is 0 Å². The molecule has 0 radical (unpaired) electrons. The number of nitrogens with one attached hydrogen (secondary N) is 1. The summed E-state index contributed by atoms with van der Waals surface area (Å²) in [7, 11) is 0. The first-order chi connectivity index (χ1) is 9.47. The molecule has 0 fully saturated rings. The largest absolute Gasteiger partial charge is 0.416 e. The highest BCUT2D eigenvalue weighted by molar-refractivity contribution is 5.25. The quantitative estimate of drug-likeness (QED) is 0.777. The van der Waals surface area contributed by atoms with Crippen molar-refractivity contribution in [2.24, 2.45) is 0 Å². The van der Waals surface area contributed by atoms with E-state index in [1.807, 2.05) is 6.92 Å². The van der Waals surface area contributed by atoms with E-state index in [9.17, 15) is 13.2 Å². The topological polar surface area (TPSA) is 12.0 Å². The summed E-state index contributed by atoms with van der Waals surface area (Å²) in [6.07, 6.45) is -1.85. The zero-order valence-electron chi connectivity index (χ0n) is 11.8. The molecule has 0 aliphatic rings. The van der Waals surface area contributed by atoms with Gasteiger partial charge in [0.2, 0.25) is 0 Å². The van der Waals surface area contributed by atoms with Crippen LogP contribution in [0.5, 0.6) is 0 Å². The van der Waals surface area contributed by atoms with E-state index in [2.05, 4.69) is 17.2 Å². The summed E-state index contributed by atoms with van der Waals surface area (Å²) in [5.74, 6) is 5.86. The van der Waals surface area contributed by atoms with Crippen molar-refractivity contribution in [3.8, 4) is 11.8 Å². The summed E-state index contributed by atoms with van der Waals surface area (Å²) in [6.45, 7) is 4.66. The first-order valence-corrected chi connectivity index (χ1v) is 6.76. The maximum atomic E-state index is 12.5. The minimum absolute atomic E-state index is 0.248. The van der Waals surface area contributed by atoms with E-state index in [-0.39, 0.29) is 6.04 Å². The van der Waals surface area contributed by atoms with Gasteiger partial charge in [-0.2, -0.15) is 13.2 Å². The molecule has 0 spiro atoms. The molecule has 4 heteroatoms. The van der Waals surface area contributed by atoms with Crippen LogP contribution in [0, 0.1) is 11.8 Å². The monoisotopic (exact) mass is 283 g/mol. The minimum atomic E-state index is -4.27. The first kappa shape index (κ1) is 16.6. The second-order valence-corrected chi connectivity index (χ2v) is 4.62. The fourth-order valence-corrected chi connectivity index (χ4v) is 2.05. The molecule has 0 aliphatic heterocycles. The highest BCUT2D eigenvalue weighted by Gasteiger charge is 2.29. The number of likely N-dealkylation sites (N-methyl/N-ethyl adjacent to an activating group) is 1. The molecule has 0 heterocycles. The summed E-state index contributed by atoms with van der Waals surface area (Å²) in [5.41, 5.74) is 0.312. The van der Waals surface area contributed by atoms with E-state index < -0.39 is 11.7 Å². The molecule has 1 atom stereocenters. The molecule has 1 rings (SSSR count). The molecule has 1 aromatic carbocycles. The summed E-state index contributed by atoms with van der Waals surface area (Å²) in [4.78, 5) is 0. The number of rotatable bonds is 6. The summed E-state index contributed by atoms with van der Waals surface area (Å²) < 4.78 is 37.4. The Kier molecular flexibility index (Phi) is 6.60. The summed E-state index contributed by atoms with van der Waals surface area (Å²) in [6, 6.07) is 5.64. The number of hydrogen-bond donors (Lipinski definition) is 1. The van der Waals surface area contributed by atoms with Gasteiger partial charge in [0, 0.05) is 12.5 Å². The number of alkyl halides is 3. The van der Waals surface area contributed by atoms with Gasteiger partial charge in [0.1, 0.15) is 0 Å². The molecule has 0 bridgehead atoms. The van der Waals surface area contributed by atoms with Crippen molar-refractivity contribution >= 4 is 0 Å². The second kappa shape index (κ2) is 7.96. The van der Waals surface area contributed by atoms with Gasteiger partial charge in [-0.1, -0.05) is 19.1 Å². The molecule has 0 aromatic heterocycles.